The largest absolute Gasteiger partial charge is 0.457 e. The molecule has 2 heteroatoms. The van der Waals surface area contributed by atoms with Gasteiger partial charge in [-0.25, -0.2) is 0 Å². The molecule has 154 valence electrons. The molecule has 0 N–H and O–H groups in total. The van der Waals surface area contributed by atoms with Crippen LogP contribution in [0.1, 0.15) is 22.3 Å². The molecule has 8 rings (SSSR count). The molecular weight excluding hydrogens is 420 g/mol. The highest BCUT2D eigenvalue weighted by Gasteiger charge is 2.51. The standard InChI is InChI=1S/C31H18OS/c1-3-11-23-19(9-1)21-17-22-20-10-2-8-16-29(20)33-30(22)18-26(21)31(23)24-12-4-6-14-27(24)32-28-15-7-5-13-25(28)31/h1-18H. The van der Waals surface area contributed by atoms with Crippen LogP contribution in [0.3, 0.4) is 0 Å². The van der Waals surface area contributed by atoms with Crippen LogP contribution in [-0.2, 0) is 5.41 Å². The SMILES string of the molecule is c1ccc2c(c1)Oc1ccccc1C21c2ccccc2-c2cc3c(cc21)sc1ccccc13. The van der Waals surface area contributed by atoms with Crippen molar-refractivity contribution in [2.45, 2.75) is 5.41 Å². The molecule has 1 aliphatic heterocycles. The first-order valence-electron chi connectivity index (χ1n) is 11.3. The minimum Gasteiger partial charge on any atom is -0.457 e. The third-order valence-electron chi connectivity index (χ3n) is 7.34. The van der Waals surface area contributed by atoms with Gasteiger partial charge in [0, 0.05) is 31.3 Å². The summed E-state index contributed by atoms with van der Waals surface area (Å²) in [7, 11) is 0. The summed E-state index contributed by atoms with van der Waals surface area (Å²) < 4.78 is 9.11. The van der Waals surface area contributed by atoms with Gasteiger partial charge in [0.1, 0.15) is 11.5 Å². The highest BCUT2D eigenvalue weighted by Crippen LogP contribution is 2.62. The number of ether oxygens (including phenoxy) is 1. The average molecular weight is 439 g/mol. The maximum atomic E-state index is 6.43. The van der Waals surface area contributed by atoms with Gasteiger partial charge in [0.05, 0.1) is 5.41 Å². The minimum absolute atomic E-state index is 0.387. The molecule has 1 nitrogen and oxygen atoms in total. The van der Waals surface area contributed by atoms with Gasteiger partial charge in [-0.15, -0.1) is 11.3 Å². The van der Waals surface area contributed by atoms with E-state index in [2.05, 4.69) is 109 Å². The van der Waals surface area contributed by atoms with Gasteiger partial charge in [-0.1, -0.05) is 78.9 Å². The lowest BCUT2D eigenvalue weighted by atomic mass is 9.66. The molecular formula is C31H18OS. The number of hydrogen-bond donors (Lipinski definition) is 0. The zero-order valence-corrected chi connectivity index (χ0v) is 18.5. The lowest BCUT2D eigenvalue weighted by Gasteiger charge is -2.39. The quantitative estimate of drug-likeness (QED) is 0.230. The van der Waals surface area contributed by atoms with Crippen LogP contribution in [0.2, 0.25) is 0 Å². The monoisotopic (exact) mass is 438 g/mol. The molecule has 2 aliphatic rings. The molecule has 0 saturated heterocycles. The maximum Gasteiger partial charge on any atom is 0.132 e. The Morgan fingerprint density at radius 2 is 1.12 bits per heavy atom. The molecule has 0 radical (unpaired) electrons. The zero-order chi connectivity index (χ0) is 21.6. The van der Waals surface area contributed by atoms with Crippen LogP contribution in [-0.4, -0.2) is 0 Å². The summed E-state index contributed by atoms with van der Waals surface area (Å²) in [6.45, 7) is 0. The number of hydrogen-bond acceptors (Lipinski definition) is 2. The van der Waals surface area contributed by atoms with Crippen molar-refractivity contribution < 1.29 is 4.74 Å². The summed E-state index contributed by atoms with van der Waals surface area (Å²) in [4.78, 5) is 0. The van der Waals surface area contributed by atoms with E-state index in [4.69, 9.17) is 4.74 Å². The molecule has 6 aromatic rings. The fraction of sp³-hybridized carbons (Fsp3) is 0.0323. The molecule has 0 unspecified atom stereocenters. The van der Waals surface area contributed by atoms with E-state index in [1.54, 1.807) is 0 Å². The van der Waals surface area contributed by atoms with Gasteiger partial charge in [-0.2, -0.15) is 0 Å². The van der Waals surface area contributed by atoms with Crippen molar-refractivity contribution >= 4 is 31.5 Å². The molecule has 0 saturated carbocycles. The second kappa shape index (κ2) is 6.12. The Kier molecular flexibility index (Phi) is 3.27. The van der Waals surface area contributed by atoms with Crippen LogP contribution in [0.15, 0.2) is 109 Å². The predicted octanol–water partition coefficient (Wildman–Crippen LogP) is 8.52. The van der Waals surface area contributed by atoms with Crippen LogP contribution in [0, 0.1) is 0 Å². The molecule has 0 fully saturated rings. The number of fused-ring (bicyclic) bond motifs is 12. The summed E-state index contributed by atoms with van der Waals surface area (Å²) >= 11 is 1.89. The third kappa shape index (κ3) is 2.08. The Bertz CT molecular complexity index is 1710. The van der Waals surface area contributed by atoms with Crippen molar-refractivity contribution in [2.75, 3.05) is 0 Å². The zero-order valence-electron chi connectivity index (χ0n) is 17.7. The van der Waals surface area contributed by atoms with Crippen molar-refractivity contribution in [3.63, 3.8) is 0 Å². The summed E-state index contributed by atoms with van der Waals surface area (Å²) in [6.07, 6.45) is 0. The highest BCUT2D eigenvalue weighted by atomic mass is 32.1. The summed E-state index contributed by atoms with van der Waals surface area (Å²) in [6, 6.07) is 39.6. The van der Waals surface area contributed by atoms with Crippen LogP contribution < -0.4 is 4.74 Å². The number of thiophene rings is 1. The second-order valence-electron chi connectivity index (χ2n) is 8.88. The summed E-state index contributed by atoms with van der Waals surface area (Å²) in [5.74, 6) is 1.88. The number of rotatable bonds is 0. The lowest BCUT2D eigenvalue weighted by molar-refractivity contribution is 0.436. The molecule has 0 amide bonds. The molecule has 33 heavy (non-hydrogen) atoms. The van der Waals surface area contributed by atoms with Gasteiger partial charge in [0.25, 0.3) is 0 Å². The lowest BCUT2D eigenvalue weighted by Crippen LogP contribution is -2.32. The smallest absolute Gasteiger partial charge is 0.132 e. The van der Waals surface area contributed by atoms with Crippen LogP contribution in [0.4, 0.5) is 0 Å². The Labute approximate surface area is 195 Å². The summed E-state index contributed by atoms with van der Waals surface area (Å²) in [5, 5.41) is 2.68. The predicted molar refractivity (Wildman–Crippen MR) is 137 cm³/mol. The van der Waals surface area contributed by atoms with E-state index in [1.165, 1.54) is 53.6 Å². The average Bonchev–Trinajstić information content (AvgIpc) is 3.37. The van der Waals surface area contributed by atoms with E-state index in [9.17, 15) is 0 Å². The molecule has 1 aromatic heterocycles. The second-order valence-corrected chi connectivity index (χ2v) is 9.97. The topological polar surface area (TPSA) is 9.23 Å². The Balaban J connectivity index is 1.60. The van der Waals surface area contributed by atoms with Gasteiger partial charge < -0.3 is 4.74 Å². The first-order chi connectivity index (χ1) is 16.4. The molecule has 1 spiro atoms. The van der Waals surface area contributed by atoms with E-state index in [0.29, 0.717) is 0 Å². The van der Waals surface area contributed by atoms with E-state index < -0.39 is 0 Å². The first kappa shape index (κ1) is 17.6. The van der Waals surface area contributed by atoms with Crippen LogP contribution in [0.25, 0.3) is 31.3 Å². The van der Waals surface area contributed by atoms with Crippen molar-refractivity contribution in [3.05, 3.63) is 131 Å². The summed E-state index contributed by atoms with van der Waals surface area (Å²) in [5.41, 5.74) is 7.38. The van der Waals surface area contributed by atoms with Crippen LogP contribution >= 0.6 is 11.3 Å². The number of para-hydroxylation sites is 2. The van der Waals surface area contributed by atoms with Crippen LogP contribution in [0.5, 0.6) is 11.5 Å². The normalized spacial score (nSPS) is 14.5. The molecule has 5 aromatic carbocycles. The van der Waals surface area contributed by atoms with Crippen molar-refractivity contribution in [2.24, 2.45) is 0 Å². The maximum absolute atomic E-state index is 6.43. The van der Waals surface area contributed by atoms with Gasteiger partial charge >= 0.3 is 0 Å². The molecule has 0 atom stereocenters. The van der Waals surface area contributed by atoms with Crippen molar-refractivity contribution in [1.82, 2.24) is 0 Å². The van der Waals surface area contributed by atoms with Gasteiger partial charge in [-0.3, -0.25) is 0 Å². The van der Waals surface area contributed by atoms with E-state index in [0.717, 1.165) is 11.5 Å². The first-order valence-corrected chi connectivity index (χ1v) is 12.1. The van der Waals surface area contributed by atoms with E-state index >= 15 is 0 Å². The molecule has 0 bridgehead atoms. The highest BCUT2D eigenvalue weighted by molar-refractivity contribution is 7.25. The van der Waals surface area contributed by atoms with Gasteiger partial charge in [0.15, 0.2) is 0 Å². The number of benzene rings is 5. The molecule has 2 heterocycles. The van der Waals surface area contributed by atoms with Gasteiger partial charge in [0.2, 0.25) is 0 Å². The Hall–Kier alpha value is -3.88. The fourth-order valence-electron chi connectivity index (χ4n) is 6.07. The van der Waals surface area contributed by atoms with Gasteiger partial charge in [-0.05, 0) is 52.6 Å². The van der Waals surface area contributed by atoms with Crippen molar-refractivity contribution in [1.29, 1.82) is 0 Å². The molecule has 1 aliphatic carbocycles. The Morgan fingerprint density at radius 3 is 1.91 bits per heavy atom. The van der Waals surface area contributed by atoms with E-state index in [1.807, 2.05) is 11.3 Å². The minimum atomic E-state index is -0.387. The Morgan fingerprint density at radius 1 is 0.485 bits per heavy atom. The van der Waals surface area contributed by atoms with Crippen molar-refractivity contribution in [3.8, 4) is 22.6 Å². The van der Waals surface area contributed by atoms with E-state index in [-0.39, 0.29) is 5.41 Å². The third-order valence-corrected chi connectivity index (χ3v) is 8.48. The fourth-order valence-corrected chi connectivity index (χ4v) is 7.20.